The van der Waals surface area contributed by atoms with Gasteiger partial charge in [-0.1, -0.05) is 26.7 Å². The third-order valence-corrected chi connectivity index (χ3v) is 3.43. The molecule has 0 aromatic rings. The molecule has 1 saturated carbocycles. The van der Waals surface area contributed by atoms with E-state index in [2.05, 4.69) is 34.1 Å². The van der Waals surface area contributed by atoms with Crippen LogP contribution in [0.1, 0.15) is 40.5 Å². The Kier molecular flexibility index (Phi) is 2.07. The first kappa shape index (κ1) is 8.10. The van der Waals surface area contributed by atoms with Crippen LogP contribution in [0.2, 0.25) is 0 Å². The Balaban J connectivity index is 2.34. The highest BCUT2D eigenvalue weighted by Crippen LogP contribution is 2.58. The Hall–Kier alpha value is 0. The van der Waals surface area contributed by atoms with E-state index in [0.29, 0.717) is 5.41 Å². The topological polar surface area (TPSA) is 0 Å². The van der Waals surface area contributed by atoms with Gasteiger partial charge in [0, 0.05) is 0 Å². The molecule has 0 aliphatic heterocycles. The van der Waals surface area contributed by atoms with Gasteiger partial charge in [0.2, 0.25) is 0 Å². The summed E-state index contributed by atoms with van der Waals surface area (Å²) in [6.07, 6.45) is 5.03. The predicted molar refractivity (Wildman–Crippen MR) is 45.6 cm³/mol. The standard InChI is InChI=1S/C10H19/c1-5-6-8(2)10(4)7-9(10)3/h5,8-9H,6-7H2,1-4H3/q-1. The quantitative estimate of drug-likeness (QED) is 0.526. The van der Waals surface area contributed by atoms with Gasteiger partial charge < -0.3 is 6.42 Å². The van der Waals surface area contributed by atoms with Crippen LogP contribution in [0, 0.1) is 23.7 Å². The van der Waals surface area contributed by atoms with Crippen molar-refractivity contribution in [3.8, 4) is 0 Å². The Morgan fingerprint density at radius 3 is 2.50 bits per heavy atom. The van der Waals surface area contributed by atoms with Crippen LogP contribution in [0.3, 0.4) is 0 Å². The molecule has 10 heavy (non-hydrogen) atoms. The first-order valence-electron chi connectivity index (χ1n) is 4.39. The Morgan fingerprint density at radius 2 is 2.20 bits per heavy atom. The Labute approximate surface area is 65.0 Å². The predicted octanol–water partition coefficient (Wildman–Crippen LogP) is 3.28. The molecule has 3 unspecified atom stereocenters. The van der Waals surface area contributed by atoms with Crippen LogP contribution in [0.15, 0.2) is 0 Å². The summed E-state index contributed by atoms with van der Waals surface area (Å²) in [4.78, 5) is 0. The molecule has 1 rings (SSSR count). The summed E-state index contributed by atoms with van der Waals surface area (Å²) < 4.78 is 0. The van der Waals surface area contributed by atoms with Crippen molar-refractivity contribution in [2.45, 2.75) is 40.5 Å². The molecule has 0 nitrogen and oxygen atoms in total. The molecule has 1 aliphatic carbocycles. The van der Waals surface area contributed by atoms with E-state index in [1.54, 1.807) is 0 Å². The smallest absolute Gasteiger partial charge is 0.0296 e. The van der Waals surface area contributed by atoms with Gasteiger partial charge in [0.05, 0.1) is 0 Å². The zero-order valence-electron chi connectivity index (χ0n) is 7.65. The van der Waals surface area contributed by atoms with E-state index >= 15 is 0 Å². The third-order valence-electron chi connectivity index (χ3n) is 3.43. The van der Waals surface area contributed by atoms with Crippen molar-refractivity contribution < 1.29 is 0 Å². The van der Waals surface area contributed by atoms with Crippen LogP contribution in [0.4, 0.5) is 0 Å². The van der Waals surface area contributed by atoms with E-state index in [4.69, 9.17) is 0 Å². The molecule has 0 radical (unpaired) electrons. The average Bonchev–Trinajstić information content (AvgIpc) is 2.43. The van der Waals surface area contributed by atoms with E-state index in [1.165, 1.54) is 12.8 Å². The summed E-state index contributed by atoms with van der Waals surface area (Å²) in [5, 5.41) is 0. The zero-order valence-corrected chi connectivity index (χ0v) is 7.65. The molecule has 0 bridgehead atoms. The van der Waals surface area contributed by atoms with Gasteiger partial charge in [0.25, 0.3) is 0 Å². The molecule has 1 fully saturated rings. The summed E-state index contributed by atoms with van der Waals surface area (Å²) >= 11 is 0. The molecule has 0 aromatic heterocycles. The van der Waals surface area contributed by atoms with Crippen molar-refractivity contribution in [3.05, 3.63) is 6.42 Å². The molecule has 60 valence electrons. The molecule has 0 heteroatoms. The lowest BCUT2D eigenvalue weighted by Gasteiger charge is -2.23. The lowest BCUT2D eigenvalue weighted by molar-refractivity contribution is 0.334. The fourth-order valence-corrected chi connectivity index (χ4v) is 1.91. The van der Waals surface area contributed by atoms with Crippen molar-refractivity contribution in [2.24, 2.45) is 17.3 Å². The van der Waals surface area contributed by atoms with Crippen molar-refractivity contribution in [2.75, 3.05) is 0 Å². The van der Waals surface area contributed by atoms with E-state index < -0.39 is 0 Å². The maximum absolute atomic E-state index is 2.42. The minimum absolute atomic E-state index is 0.687. The van der Waals surface area contributed by atoms with Gasteiger partial charge in [0.1, 0.15) is 0 Å². The van der Waals surface area contributed by atoms with Crippen LogP contribution in [-0.2, 0) is 0 Å². The summed E-state index contributed by atoms with van der Waals surface area (Å²) in [7, 11) is 0. The largest absolute Gasteiger partial charge is 0.331 e. The normalized spacial score (nSPS) is 41.4. The van der Waals surface area contributed by atoms with Crippen molar-refractivity contribution in [1.29, 1.82) is 0 Å². The maximum Gasteiger partial charge on any atom is -0.0296 e. The van der Waals surface area contributed by atoms with Crippen LogP contribution in [0.25, 0.3) is 0 Å². The lowest BCUT2D eigenvalue weighted by Crippen LogP contribution is -2.10. The molecule has 0 N–H and O–H groups in total. The van der Waals surface area contributed by atoms with Gasteiger partial charge >= 0.3 is 0 Å². The third kappa shape index (κ3) is 1.21. The average molecular weight is 139 g/mol. The molecule has 0 spiro atoms. The highest BCUT2D eigenvalue weighted by molar-refractivity contribution is 4.99. The van der Waals surface area contributed by atoms with Crippen LogP contribution in [0.5, 0.6) is 0 Å². The van der Waals surface area contributed by atoms with E-state index in [-0.39, 0.29) is 0 Å². The lowest BCUT2D eigenvalue weighted by atomic mass is 9.87. The van der Waals surface area contributed by atoms with Gasteiger partial charge in [-0.15, -0.1) is 0 Å². The second-order valence-electron chi connectivity index (χ2n) is 4.16. The Morgan fingerprint density at radius 1 is 1.70 bits per heavy atom. The molecule has 3 atom stereocenters. The number of hydrogen-bond donors (Lipinski definition) is 0. The second kappa shape index (κ2) is 2.56. The minimum Gasteiger partial charge on any atom is -0.331 e. The van der Waals surface area contributed by atoms with Crippen molar-refractivity contribution in [1.82, 2.24) is 0 Å². The second-order valence-corrected chi connectivity index (χ2v) is 4.16. The first-order chi connectivity index (χ1) is 4.61. The molecule has 0 aromatic carbocycles. The van der Waals surface area contributed by atoms with Crippen molar-refractivity contribution in [3.63, 3.8) is 0 Å². The molecular formula is C10H19-. The van der Waals surface area contributed by atoms with Gasteiger partial charge in [-0.05, 0) is 17.8 Å². The minimum atomic E-state index is 0.687. The summed E-state index contributed by atoms with van der Waals surface area (Å²) in [6, 6.07) is 0. The van der Waals surface area contributed by atoms with E-state index in [0.717, 1.165) is 11.8 Å². The SMILES string of the molecule is C[CH-]CC(C)C1(C)CC1C. The summed E-state index contributed by atoms with van der Waals surface area (Å²) in [5.74, 6) is 1.87. The van der Waals surface area contributed by atoms with Crippen LogP contribution >= 0.6 is 0 Å². The molecular weight excluding hydrogens is 120 g/mol. The molecule has 0 heterocycles. The number of hydrogen-bond acceptors (Lipinski definition) is 0. The van der Waals surface area contributed by atoms with Crippen LogP contribution in [-0.4, -0.2) is 0 Å². The van der Waals surface area contributed by atoms with E-state index in [1.807, 2.05) is 0 Å². The fraction of sp³-hybridized carbons (Fsp3) is 0.900. The highest BCUT2D eigenvalue weighted by atomic mass is 14.5. The van der Waals surface area contributed by atoms with Crippen molar-refractivity contribution >= 4 is 0 Å². The first-order valence-corrected chi connectivity index (χ1v) is 4.39. The van der Waals surface area contributed by atoms with E-state index in [9.17, 15) is 0 Å². The zero-order chi connectivity index (χ0) is 7.78. The summed E-state index contributed by atoms with van der Waals surface area (Å²) in [6.45, 7) is 9.33. The van der Waals surface area contributed by atoms with Gasteiger partial charge in [-0.3, -0.25) is 0 Å². The molecule has 0 amide bonds. The van der Waals surface area contributed by atoms with Gasteiger partial charge in [0.15, 0.2) is 0 Å². The van der Waals surface area contributed by atoms with Gasteiger partial charge in [-0.25, -0.2) is 0 Å². The number of rotatable bonds is 3. The molecule has 0 saturated heterocycles. The fourth-order valence-electron chi connectivity index (χ4n) is 1.91. The summed E-state index contributed by atoms with van der Waals surface area (Å²) in [5.41, 5.74) is 0.687. The van der Waals surface area contributed by atoms with Crippen LogP contribution < -0.4 is 0 Å². The monoisotopic (exact) mass is 139 g/mol. The Bertz CT molecular complexity index is 117. The van der Waals surface area contributed by atoms with Gasteiger partial charge in [-0.2, -0.15) is 13.3 Å². The maximum atomic E-state index is 2.42. The highest BCUT2D eigenvalue weighted by Gasteiger charge is 2.48. The molecule has 1 aliphatic rings.